The summed E-state index contributed by atoms with van der Waals surface area (Å²) in [4.78, 5) is 13.5. The number of nitrogens with one attached hydrogen (secondary N) is 2. The lowest BCUT2D eigenvalue weighted by Gasteiger charge is -2.34. The lowest BCUT2D eigenvalue weighted by Crippen LogP contribution is -2.36. The van der Waals surface area contributed by atoms with E-state index in [0.717, 1.165) is 15.8 Å². The van der Waals surface area contributed by atoms with Crippen molar-refractivity contribution in [1.82, 2.24) is 15.1 Å². The van der Waals surface area contributed by atoms with E-state index < -0.39 is 30.0 Å². The van der Waals surface area contributed by atoms with Gasteiger partial charge in [0.2, 0.25) is 0 Å². The molecule has 10 heteroatoms. The molecule has 1 aromatic carbocycles. The maximum absolute atomic E-state index is 13.7. The SMILES string of the molecule is O=C(NCc1cccs1)c1cnn2c1N[C@H](c1ccc(F)cc1)C[C@H]2C(F)(F)F. The second kappa shape index (κ2) is 7.51. The minimum absolute atomic E-state index is 0.00317. The molecule has 2 N–H and O–H groups in total. The van der Waals surface area contributed by atoms with E-state index in [2.05, 4.69) is 15.7 Å². The van der Waals surface area contributed by atoms with Crippen molar-refractivity contribution in [2.24, 2.45) is 0 Å². The summed E-state index contributed by atoms with van der Waals surface area (Å²) >= 11 is 1.46. The summed E-state index contributed by atoms with van der Waals surface area (Å²) in [6.45, 7) is 0.269. The molecule has 3 aromatic rings. The molecule has 2 aromatic heterocycles. The zero-order chi connectivity index (χ0) is 20.6. The quantitative estimate of drug-likeness (QED) is 0.599. The third-order valence-electron chi connectivity index (χ3n) is 4.76. The first kappa shape index (κ1) is 19.4. The molecule has 0 bridgehead atoms. The largest absolute Gasteiger partial charge is 0.410 e. The Morgan fingerprint density at radius 2 is 2.03 bits per heavy atom. The topological polar surface area (TPSA) is 59.0 Å². The summed E-state index contributed by atoms with van der Waals surface area (Å²) in [7, 11) is 0. The molecule has 0 unspecified atom stereocenters. The van der Waals surface area contributed by atoms with E-state index in [4.69, 9.17) is 0 Å². The Balaban J connectivity index is 1.64. The van der Waals surface area contributed by atoms with Gasteiger partial charge in [-0.05, 0) is 29.1 Å². The van der Waals surface area contributed by atoms with Crippen molar-refractivity contribution in [3.05, 3.63) is 69.8 Å². The van der Waals surface area contributed by atoms with Crippen LogP contribution in [0.1, 0.15) is 39.3 Å². The highest BCUT2D eigenvalue weighted by Gasteiger charge is 2.47. The third kappa shape index (κ3) is 3.98. The fraction of sp³-hybridized carbons (Fsp3) is 0.263. The highest BCUT2D eigenvalue weighted by molar-refractivity contribution is 7.09. The van der Waals surface area contributed by atoms with Crippen LogP contribution in [0, 0.1) is 5.82 Å². The fourth-order valence-electron chi connectivity index (χ4n) is 3.32. The minimum atomic E-state index is -4.55. The van der Waals surface area contributed by atoms with E-state index >= 15 is 0 Å². The van der Waals surface area contributed by atoms with Crippen molar-refractivity contribution < 1.29 is 22.4 Å². The first-order chi connectivity index (χ1) is 13.8. The second-order valence-corrected chi connectivity index (χ2v) is 7.69. The predicted octanol–water partition coefficient (Wildman–Crippen LogP) is 4.67. The van der Waals surface area contributed by atoms with Crippen molar-refractivity contribution in [1.29, 1.82) is 0 Å². The molecule has 0 radical (unpaired) electrons. The number of halogens is 4. The Hall–Kier alpha value is -2.88. The van der Waals surface area contributed by atoms with Crippen LogP contribution in [0.25, 0.3) is 0 Å². The van der Waals surface area contributed by atoms with Crippen molar-refractivity contribution in [3.8, 4) is 0 Å². The Morgan fingerprint density at radius 3 is 2.69 bits per heavy atom. The van der Waals surface area contributed by atoms with E-state index in [9.17, 15) is 22.4 Å². The third-order valence-corrected chi connectivity index (χ3v) is 5.64. The molecule has 0 spiro atoms. The van der Waals surface area contributed by atoms with Crippen LogP contribution in [-0.2, 0) is 6.54 Å². The van der Waals surface area contributed by atoms with E-state index in [0.29, 0.717) is 5.56 Å². The van der Waals surface area contributed by atoms with Gasteiger partial charge in [-0.3, -0.25) is 4.79 Å². The highest BCUT2D eigenvalue weighted by Crippen LogP contribution is 2.44. The van der Waals surface area contributed by atoms with Crippen molar-refractivity contribution in [2.45, 2.75) is 31.2 Å². The Labute approximate surface area is 167 Å². The molecule has 0 saturated heterocycles. The molecule has 0 fully saturated rings. The number of aromatic nitrogens is 2. The Bertz CT molecular complexity index is 998. The number of benzene rings is 1. The van der Waals surface area contributed by atoms with E-state index in [-0.39, 0.29) is 24.3 Å². The zero-order valence-electron chi connectivity index (χ0n) is 14.9. The van der Waals surface area contributed by atoms with Gasteiger partial charge in [0, 0.05) is 11.3 Å². The van der Waals surface area contributed by atoms with Crippen LogP contribution in [0.3, 0.4) is 0 Å². The van der Waals surface area contributed by atoms with Gasteiger partial charge in [-0.2, -0.15) is 18.3 Å². The summed E-state index contributed by atoms with van der Waals surface area (Å²) in [5, 5.41) is 11.4. The average Bonchev–Trinajstić information content (AvgIpc) is 3.35. The number of hydrogen-bond donors (Lipinski definition) is 2. The van der Waals surface area contributed by atoms with Gasteiger partial charge in [-0.25, -0.2) is 9.07 Å². The van der Waals surface area contributed by atoms with Crippen molar-refractivity contribution in [3.63, 3.8) is 0 Å². The molecule has 0 aliphatic carbocycles. The van der Waals surface area contributed by atoms with Crippen LogP contribution in [0.2, 0.25) is 0 Å². The van der Waals surface area contributed by atoms with Gasteiger partial charge < -0.3 is 10.6 Å². The van der Waals surface area contributed by atoms with Crippen LogP contribution in [0.15, 0.2) is 48.0 Å². The Kier molecular flexibility index (Phi) is 5.03. The summed E-state index contributed by atoms with van der Waals surface area (Å²) in [6, 6.07) is 6.31. The number of thiophene rings is 1. The van der Waals surface area contributed by atoms with E-state index in [1.54, 1.807) is 0 Å². The van der Waals surface area contributed by atoms with Gasteiger partial charge in [0.15, 0.2) is 6.04 Å². The normalized spacial score (nSPS) is 18.8. The molecular weight excluding hydrogens is 408 g/mol. The van der Waals surface area contributed by atoms with E-state index in [1.807, 2.05) is 17.5 Å². The fourth-order valence-corrected chi connectivity index (χ4v) is 3.96. The first-order valence-electron chi connectivity index (χ1n) is 8.79. The molecule has 4 rings (SSSR count). The van der Waals surface area contributed by atoms with Crippen LogP contribution in [0.5, 0.6) is 0 Å². The number of amides is 1. The zero-order valence-corrected chi connectivity index (χ0v) is 15.7. The van der Waals surface area contributed by atoms with Crippen LogP contribution < -0.4 is 10.6 Å². The summed E-state index contributed by atoms with van der Waals surface area (Å²) in [5.41, 5.74) is 0.528. The number of rotatable bonds is 4. The molecule has 1 aliphatic rings. The standard InChI is InChI=1S/C19H16F4N4OS/c20-12-5-3-11(4-6-12)15-8-16(19(21,22)23)27-17(26-15)14(10-25-27)18(28)24-9-13-2-1-7-29-13/h1-7,10,15-16,26H,8-9H2,(H,24,28)/t15-,16-/m0/s1. The summed E-state index contributed by atoms with van der Waals surface area (Å²) in [5.74, 6) is -1.000. The highest BCUT2D eigenvalue weighted by atomic mass is 32.1. The number of nitrogens with zero attached hydrogens (tertiary/aromatic N) is 2. The van der Waals surface area contributed by atoms with Crippen LogP contribution >= 0.6 is 11.3 Å². The summed E-state index contributed by atoms with van der Waals surface area (Å²) < 4.78 is 55.0. The molecule has 0 saturated carbocycles. The number of alkyl halides is 3. The van der Waals surface area contributed by atoms with Gasteiger partial charge >= 0.3 is 6.18 Å². The van der Waals surface area contributed by atoms with Gasteiger partial charge in [0.1, 0.15) is 17.2 Å². The summed E-state index contributed by atoms with van der Waals surface area (Å²) in [6.07, 6.45) is -3.73. The molecule has 29 heavy (non-hydrogen) atoms. The molecular formula is C19H16F4N4OS. The van der Waals surface area contributed by atoms with Crippen molar-refractivity contribution >= 4 is 23.1 Å². The molecule has 5 nitrogen and oxygen atoms in total. The van der Waals surface area contributed by atoms with Crippen LogP contribution in [0.4, 0.5) is 23.4 Å². The van der Waals surface area contributed by atoms with Gasteiger partial charge in [0.05, 0.1) is 18.8 Å². The lowest BCUT2D eigenvalue weighted by atomic mass is 9.96. The average molecular weight is 424 g/mol. The smallest absolute Gasteiger partial charge is 0.363 e. The number of carbonyl (C=O) groups is 1. The van der Waals surface area contributed by atoms with Crippen LogP contribution in [-0.4, -0.2) is 21.9 Å². The van der Waals surface area contributed by atoms with Gasteiger partial charge in [-0.15, -0.1) is 11.3 Å². The van der Waals surface area contributed by atoms with Gasteiger partial charge in [0.25, 0.3) is 5.91 Å². The molecule has 1 aliphatic heterocycles. The molecule has 2 atom stereocenters. The number of carbonyl (C=O) groups excluding carboxylic acids is 1. The Morgan fingerprint density at radius 1 is 1.28 bits per heavy atom. The first-order valence-corrected chi connectivity index (χ1v) is 9.67. The molecule has 3 heterocycles. The predicted molar refractivity (Wildman–Crippen MR) is 100 cm³/mol. The van der Waals surface area contributed by atoms with Crippen molar-refractivity contribution in [2.75, 3.05) is 5.32 Å². The molecule has 152 valence electrons. The van der Waals surface area contributed by atoms with Gasteiger partial charge in [-0.1, -0.05) is 18.2 Å². The van der Waals surface area contributed by atoms with E-state index in [1.165, 1.54) is 35.6 Å². The maximum Gasteiger partial charge on any atom is 0.410 e. The maximum atomic E-state index is 13.7. The number of fused-ring (bicyclic) bond motifs is 1. The second-order valence-electron chi connectivity index (χ2n) is 6.66. The lowest BCUT2D eigenvalue weighted by molar-refractivity contribution is -0.173. The number of anilines is 1. The monoisotopic (exact) mass is 424 g/mol. The number of hydrogen-bond acceptors (Lipinski definition) is 4. The molecule has 1 amide bonds. The minimum Gasteiger partial charge on any atom is -0.363 e.